The van der Waals surface area contributed by atoms with Gasteiger partial charge in [0.1, 0.15) is 6.04 Å². The van der Waals surface area contributed by atoms with Gasteiger partial charge in [0.15, 0.2) is 0 Å². The zero-order chi connectivity index (χ0) is 14.8. The van der Waals surface area contributed by atoms with Gasteiger partial charge in [-0.2, -0.15) is 0 Å². The van der Waals surface area contributed by atoms with Gasteiger partial charge in [-0.3, -0.25) is 9.59 Å². The molecular formula is C17H22N2O2. The molecule has 1 unspecified atom stereocenters. The van der Waals surface area contributed by atoms with Crippen LogP contribution in [0.3, 0.4) is 0 Å². The molecule has 1 aliphatic carbocycles. The second kappa shape index (κ2) is 5.88. The van der Waals surface area contributed by atoms with Gasteiger partial charge in [-0.25, -0.2) is 0 Å². The first kappa shape index (κ1) is 14.1. The quantitative estimate of drug-likeness (QED) is 0.906. The van der Waals surface area contributed by atoms with Crippen molar-refractivity contribution in [3.8, 4) is 0 Å². The summed E-state index contributed by atoms with van der Waals surface area (Å²) >= 11 is 0. The Balaban J connectivity index is 1.87. The lowest BCUT2D eigenvalue weighted by atomic mass is 9.98. The van der Waals surface area contributed by atoms with Crippen LogP contribution in [-0.2, 0) is 9.59 Å². The van der Waals surface area contributed by atoms with Crippen molar-refractivity contribution in [2.45, 2.75) is 38.6 Å². The first-order valence-corrected chi connectivity index (χ1v) is 7.81. The molecule has 2 amide bonds. The Kier molecular flexibility index (Phi) is 3.95. The number of nitrogens with one attached hydrogen (secondary N) is 1. The summed E-state index contributed by atoms with van der Waals surface area (Å²) in [5.41, 5.74) is 2.06. The van der Waals surface area contributed by atoms with Crippen molar-refractivity contribution < 1.29 is 9.59 Å². The van der Waals surface area contributed by atoms with Gasteiger partial charge in [-0.1, -0.05) is 42.7 Å². The highest BCUT2D eigenvalue weighted by Crippen LogP contribution is 2.31. The average molecular weight is 286 g/mol. The lowest BCUT2D eigenvalue weighted by Gasteiger charge is -2.36. The number of rotatable bonds is 2. The molecule has 0 spiro atoms. The largest absolute Gasteiger partial charge is 0.352 e. The highest BCUT2D eigenvalue weighted by molar-refractivity contribution is 5.90. The number of aryl methyl sites for hydroxylation is 1. The molecule has 1 atom stereocenters. The lowest BCUT2D eigenvalue weighted by molar-refractivity contribution is -0.146. The van der Waals surface area contributed by atoms with Crippen molar-refractivity contribution in [2.75, 3.05) is 13.1 Å². The van der Waals surface area contributed by atoms with E-state index in [1.807, 2.05) is 31.2 Å². The van der Waals surface area contributed by atoms with Gasteiger partial charge in [0, 0.05) is 19.0 Å². The SMILES string of the molecule is Cc1ccc(C2C(=O)NCCN2C(=O)C2CCCC2)cc1. The van der Waals surface area contributed by atoms with Crippen molar-refractivity contribution in [3.05, 3.63) is 35.4 Å². The third-order valence-corrected chi connectivity index (χ3v) is 4.59. The number of piperazine rings is 1. The molecular weight excluding hydrogens is 264 g/mol. The van der Waals surface area contributed by atoms with Gasteiger partial charge in [0.2, 0.25) is 11.8 Å². The summed E-state index contributed by atoms with van der Waals surface area (Å²) in [6.45, 7) is 3.19. The van der Waals surface area contributed by atoms with Crippen LogP contribution in [0.25, 0.3) is 0 Å². The third kappa shape index (κ3) is 2.80. The van der Waals surface area contributed by atoms with E-state index in [-0.39, 0.29) is 17.7 Å². The van der Waals surface area contributed by atoms with Crippen molar-refractivity contribution in [2.24, 2.45) is 5.92 Å². The molecule has 1 aromatic rings. The van der Waals surface area contributed by atoms with Gasteiger partial charge >= 0.3 is 0 Å². The summed E-state index contributed by atoms with van der Waals surface area (Å²) < 4.78 is 0. The van der Waals surface area contributed by atoms with Crippen LogP contribution in [0, 0.1) is 12.8 Å². The van der Waals surface area contributed by atoms with Crippen LogP contribution in [0.15, 0.2) is 24.3 Å². The molecule has 3 rings (SSSR count). The first-order chi connectivity index (χ1) is 10.2. The topological polar surface area (TPSA) is 49.4 Å². The maximum absolute atomic E-state index is 12.7. The Hall–Kier alpha value is -1.84. The monoisotopic (exact) mass is 286 g/mol. The van der Waals surface area contributed by atoms with Crippen LogP contribution in [0.4, 0.5) is 0 Å². The molecule has 1 aromatic carbocycles. The maximum atomic E-state index is 12.7. The number of benzene rings is 1. The zero-order valence-electron chi connectivity index (χ0n) is 12.5. The van der Waals surface area contributed by atoms with Crippen molar-refractivity contribution >= 4 is 11.8 Å². The van der Waals surface area contributed by atoms with Gasteiger partial charge in [0.05, 0.1) is 0 Å². The summed E-state index contributed by atoms with van der Waals surface area (Å²) in [6.07, 6.45) is 4.20. The highest BCUT2D eigenvalue weighted by atomic mass is 16.2. The smallest absolute Gasteiger partial charge is 0.247 e. The lowest BCUT2D eigenvalue weighted by Crippen LogP contribution is -2.53. The van der Waals surface area contributed by atoms with Crippen LogP contribution in [0.5, 0.6) is 0 Å². The molecule has 1 heterocycles. The van der Waals surface area contributed by atoms with Crippen molar-refractivity contribution in [1.29, 1.82) is 0 Å². The van der Waals surface area contributed by atoms with Crippen LogP contribution < -0.4 is 5.32 Å². The van der Waals surface area contributed by atoms with E-state index in [9.17, 15) is 9.59 Å². The van der Waals surface area contributed by atoms with Crippen LogP contribution in [0.2, 0.25) is 0 Å². The van der Waals surface area contributed by atoms with E-state index >= 15 is 0 Å². The van der Waals surface area contributed by atoms with E-state index in [0.29, 0.717) is 13.1 Å². The molecule has 4 nitrogen and oxygen atoms in total. The standard InChI is InChI=1S/C17H22N2O2/c1-12-6-8-13(9-7-12)15-16(20)18-10-11-19(15)17(21)14-4-2-3-5-14/h6-9,14-15H,2-5,10-11H2,1H3,(H,18,20). The fourth-order valence-corrected chi connectivity index (χ4v) is 3.39. The number of carbonyl (C=O) groups is 2. The van der Waals surface area contributed by atoms with E-state index in [1.54, 1.807) is 4.90 Å². The Morgan fingerprint density at radius 1 is 1.19 bits per heavy atom. The number of amides is 2. The minimum atomic E-state index is -0.465. The molecule has 112 valence electrons. The predicted molar refractivity (Wildman–Crippen MR) is 80.6 cm³/mol. The second-order valence-corrected chi connectivity index (χ2v) is 6.12. The van der Waals surface area contributed by atoms with E-state index in [4.69, 9.17) is 0 Å². The predicted octanol–water partition coefficient (Wildman–Crippen LogP) is 2.18. The minimum absolute atomic E-state index is 0.0588. The number of nitrogens with zero attached hydrogens (tertiary/aromatic N) is 1. The minimum Gasteiger partial charge on any atom is -0.352 e. The average Bonchev–Trinajstić information content (AvgIpc) is 3.02. The molecule has 1 aliphatic heterocycles. The summed E-state index contributed by atoms with van der Waals surface area (Å²) in [5, 5.41) is 2.89. The number of hydrogen-bond acceptors (Lipinski definition) is 2. The highest BCUT2D eigenvalue weighted by Gasteiger charge is 2.37. The number of hydrogen-bond donors (Lipinski definition) is 1. The fraction of sp³-hybridized carbons (Fsp3) is 0.529. The summed E-state index contributed by atoms with van der Waals surface area (Å²) in [5.74, 6) is 0.216. The zero-order valence-corrected chi connectivity index (χ0v) is 12.5. The van der Waals surface area contributed by atoms with Crippen molar-refractivity contribution in [1.82, 2.24) is 10.2 Å². The Morgan fingerprint density at radius 3 is 2.52 bits per heavy atom. The molecule has 1 saturated carbocycles. The summed E-state index contributed by atoms with van der Waals surface area (Å²) in [4.78, 5) is 26.8. The van der Waals surface area contributed by atoms with E-state index in [0.717, 1.165) is 36.8 Å². The fourth-order valence-electron chi connectivity index (χ4n) is 3.39. The van der Waals surface area contributed by atoms with Gasteiger partial charge in [-0.15, -0.1) is 0 Å². The normalized spacial score (nSPS) is 23.2. The number of carbonyl (C=O) groups excluding carboxylic acids is 2. The Bertz CT molecular complexity index is 532. The van der Waals surface area contributed by atoms with Crippen LogP contribution in [0.1, 0.15) is 42.9 Å². The van der Waals surface area contributed by atoms with Gasteiger partial charge in [0.25, 0.3) is 0 Å². The van der Waals surface area contributed by atoms with Crippen LogP contribution in [-0.4, -0.2) is 29.8 Å². The third-order valence-electron chi connectivity index (χ3n) is 4.59. The molecule has 0 radical (unpaired) electrons. The Labute approximate surface area is 125 Å². The second-order valence-electron chi connectivity index (χ2n) is 6.12. The molecule has 4 heteroatoms. The van der Waals surface area contributed by atoms with E-state index < -0.39 is 6.04 Å². The molecule has 2 aliphatic rings. The van der Waals surface area contributed by atoms with Crippen LogP contribution >= 0.6 is 0 Å². The first-order valence-electron chi connectivity index (χ1n) is 7.81. The Morgan fingerprint density at radius 2 is 1.86 bits per heavy atom. The molecule has 0 bridgehead atoms. The van der Waals surface area contributed by atoms with E-state index in [1.165, 1.54) is 0 Å². The molecule has 21 heavy (non-hydrogen) atoms. The summed E-state index contributed by atoms with van der Waals surface area (Å²) in [6, 6.07) is 7.44. The molecule has 0 aromatic heterocycles. The summed E-state index contributed by atoms with van der Waals surface area (Å²) in [7, 11) is 0. The molecule has 2 fully saturated rings. The van der Waals surface area contributed by atoms with E-state index in [2.05, 4.69) is 5.32 Å². The van der Waals surface area contributed by atoms with Crippen molar-refractivity contribution in [3.63, 3.8) is 0 Å². The van der Waals surface area contributed by atoms with Gasteiger partial charge < -0.3 is 10.2 Å². The molecule has 1 saturated heterocycles. The van der Waals surface area contributed by atoms with Gasteiger partial charge in [-0.05, 0) is 25.3 Å². The maximum Gasteiger partial charge on any atom is 0.247 e. The molecule has 1 N–H and O–H groups in total.